The molecule has 0 unspecified atom stereocenters. The molecule has 1 N–H and O–H groups in total. The van der Waals surface area contributed by atoms with E-state index < -0.39 is 5.82 Å². The van der Waals surface area contributed by atoms with Gasteiger partial charge in [0.25, 0.3) is 5.88 Å². The Morgan fingerprint density at radius 3 is 2.72 bits per heavy atom. The summed E-state index contributed by atoms with van der Waals surface area (Å²) in [7, 11) is 3.74. The van der Waals surface area contributed by atoms with Crippen LogP contribution in [-0.4, -0.2) is 48.2 Å². The summed E-state index contributed by atoms with van der Waals surface area (Å²) in [4.78, 5) is 11.8. The van der Waals surface area contributed by atoms with E-state index in [0.717, 1.165) is 63.0 Å². The van der Waals surface area contributed by atoms with E-state index in [-0.39, 0.29) is 12.0 Å². The van der Waals surface area contributed by atoms with Crippen LogP contribution in [0.1, 0.15) is 36.9 Å². The highest BCUT2D eigenvalue weighted by Gasteiger charge is 2.20. The third kappa shape index (κ3) is 4.93. The summed E-state index contributed by atoms with van der Waals surface area (Å²) >= 11 is 1.29. The van der Waals surface area contributed by atoms with E-state index in [0.29, 0.717) is 10.8 Å². The van der Waals surface area contributed by atoms with Gasteiger partial charge >= 0.3 is 0 Å². The monoisotopic (exact) mass is 418 g/mol. The van der Waals surface area contributed by atoms with Crippen molar-refractivity contribution >= 4 is 17.6 Å². The third-order valence-electron chi connectivity index (χ3n) is 5.48. The van der Waals surface area contributed by atoms with Crippen molar-refractivity contribution in [3.05, 3.63) is 35.4 Å². The van der Waals surface area contributed by atoms with Crippen LogP contribution in [0.3, 0.4) is 0 Å². The lowest BCUT2D eigenvalue weighted by atomic mass is 10.1. The molecule has 0 saturated heterocycles. The smallest absolute Gasteiger partial charge is 0.250 e. The zero-order chi connectivity index (χ0) is 20.2. The van der Waals surface area contributed by atoms with Crippen LogP contribution >= 0.6 is 11.9 Å². The second-order valence-corrected chi connectivity index (χ2v) is 8.52. The number of pyridine rings is 2. The second kappa shape index (κ2) is 9.17. The maximum Gasteiger partial charge on any atom is 0.250 e. The van der Waals surface area contributed by atoms with E-state index in [1.165, 1.54) is 23.6 Å². The summed E-state index contributed by atoms with van der Waals surface area (Å²) in [5.41, 5.74) is 3.10. The zero-order valence-corrected chi connectivity index (χ0v) is 17.7. The molecule has 0 spiro atoms. The number of hydrogen-bond donors (Lipinski definition) is 1. The van der Waals surface area contributed by atoms with Crippen LogP contribution in [0.4, 0.5) is 10.1 Å². The minimum Gasteiger partial charge on any atom is -0.479 e. The third-order valence-corrected chi connectivity index (χ3v) is 6.27. The first-order chi connectivity index (χ1) is 14.1. The van der Waals surface area contributed by atoms with Crippen molar-refractivity contribution in [2.75, 3.05) is 32.0 Å². The first kappa shape index (κ1) is 20.2. The number of rotatable bonds is 6. The Balaban J connectivity index is 1.45. The van der Waals surface area contributed by atoms with Crippen LogP contribution in [0.2, 0.25) is 0 Å². The largest absolute Gasteiger partial charge is 0.479 e. The van der Waals surface area contributed by atoms with E-state index in [1.807, 2.05) is 0 Å². The lowest BCUT2D eigenvalue weighted by Gasteiger charge is -2.15. The van der Waals surface area contributed by atoms with Gasteiger partial charge in [-0.3, -0.25) is 0 Å². The Morgan fingerprint density at radius 1 is 1.17 bits per heavy atom. The molecule has 156 valence electrons. The molecular formula is C21H27FN4O2S. The van der Waals surface area contributed by atoms with Crippen LogP contribution in [0.15, 0.2) is 23.2 Å². The number of methoxy groups -OCH3 is 1. The average molecular weight is 419 g/mol. The van der Waals surface area contributed by atoms with Crippen LogP contribution in [0, 0.1) is 5.82 Å². The van der Waals surface area contributed by atoms with Gasteiger partial charge in [0.05, 0.1) is 7.11 Å². The van der Waals surface area contributed by atoms with Gasteiger partial charge in [0, 0.05) is 36.3 Å². The molecule has 2 aromatic rings. The van der Waals surface area contributed by atoms with Gasteiger partial charge in [-0.2, -0.15) is 0 Å². The average Bonchev–Trinajstić information content (AvgIpc) is 3.17. The first-order valence-corrected chi connectivity index (χ1v) is 10.9. The molecule has 4 rings (SSSR count). The van der Waals surface area contributed by atoms with Gasteiger partial charge in [-0.25, -0.2) is 14.4 Å². The van der Waals surface area contributed by atoms with Crippen LogP contribution in [-0.2, 0) is 12.8 Å². The van der Waals surface area contributed by atoms with Crippen molar-refractivity contribution in [2.24, 2.45) is 0 Å². The van der Waals surface area contributed by atoms with Gasteiger partial charge in [0.1, 0.15) is 11.8 Å². The summed E-state index contributed by atoms with van der Waals surface area (Å²) in [6.07, 6.45) is 7.79. The topological polar surface area (TPSA) is 59.5 Å². The quantitative estimate of drug-likeness (QED) is 0.709. The van der Waals surface area contributed by atoms with Crippen molar-refractivity contribution < 1.29 is 13.9 Å². The fourth-order valence-electron chi connectivity index (χ4n) is 3.78. The highest BCUT2D eigenvalue weighted by Crippen LogP contribution is 2.32. The Morgan fingerprint density at radius 2 is 1.97 bits per heavy atom. The number of likely N-dealkylation sites (N-methyl/N-ethyl adjacent to an activating group) is 1. The molecule has 8 heteroatoms. The fraction of sp³-hybridized carbons (Fsp3) is 0.524. The second-order valence-electron chi connectivity index (χ2n) is 7.64. The van der Waals surface area contributed by atoms with Crippen LogP contribution < -0.4 is 14.2 Å². The number of anilines is 1. The molecule has 2 aliphatic rings. The predicted molar refractivity (Wildman–Crippen MR) is 112 cm³/mol. The fourth-order valence-corrected chi connectivity index (χ4v) is 4.43. The molecule has 29 heavy (non-hydrogen) atoms. The molecule has 1 aliphatic carbocycles. The van der Waals surface area contributed by atoms with Crippen LogP contribution in [0.5, 0.6) is 11.8 Å². The molecule has 0 atom stereocenters. The van der Waals surface area contributed by atoms with E-state index in [9.17, 15) is 4.39 Å². The number of fused-ring (bicyclic) bond motifs is 1. The van der Waals surface area contributed by atoms with Gasteiger partial charge in [0.2, 0.25) is 5.88 Å². The zero-order valence-electron chi connectivity index (χ0n) is 16.9. The first-order valence-electron chi connectivity index (χ1n) is 10.1. The molecule has 0 bridgehead atoms. The molecular weight excluding hydrogens is 391 g/mol. The van der Waals surface area contributed by atoms with Gasteiger partial charge < -0.3 is 19.1 Å². The minimum atomic E-state index is -0.432. The van der Waals surface area contributed by atoms with Gasteiger partial charge in [-0.15, -0.1) is 0 Å². The van der Waals surface area contributed by atoms with Gasteiger partial charge in [0.15, 0.2) is 5.82 Å². The Bertz CT molecular complexity index is 861. The molecule has 0 aromatic carbocycles. The minimum absolute atomic E-state index is 0.0857. The van der Waals surface area contributed by atoms with Gasteiger partial charge in [-0.1, -0.05) is 0 Å². The number of nitrogens with one attached hydrogen (secondary N) is 1. The van der Waals surface area contributed by atoms with Crippen molar-refractivity contribution in [3.63, 3.8) is 0 Å². The molecule has 1 aliphatic heterocycles. The highest BCUT2D eigenvalue weighted by atomic mass is 32.2. The predicted octanol–water partition coefficient (Wildman–Crippen LogP) is 4.10. The molecule has 1 saturated carbocycles. The Labute approximate surface area is 175 Å². The number of aromatic nitrogens is 2. The number of nitrogens with zero attached hydrogens (tertiary/aromatic N) is 3. The maximum absolute atomic E-state index is 14.4. The number of hydrogen-bond acceptors (Lipinski definition) is 7. The number of halogens is 1. The lowest BCUT2D eigenvalue weighted by molar-refractivity contribution is 0.191. The van der Waals surface area contributed by atoms with E-state index >= 15 is 0 Å². The Kier molecular flexibility index (Phi) is 6.40. The molecule has 2 aromatic heterocycles. The maximum atomic E-state index is 14.4. The molecule has 1 fully saturated rings. The summed E-state index contributed by atoms with van der Waals surface area (Å²) in [6.45, 7) is 2.00. The summed E-state index contributed by atoms with van der Waals surface area (Å²) in [5, 5.41) is 0. The van der Waals surface area contributed by atoms with Crippen molar-refractivity contribution in [2.45, 2.75) is 49.5 Å². The lowest BCUT2D eigenvalue weighted by Crippen LogP contribution is -2.20. The standard InChI is InChI=1S/C21H27FN4O2S/c1-26-9-7-14-11-19(21(27-2)24-18(14)8-10-26)25-29-16-12-17(22)20(23-13-16)28-15-5-3-4-6-15/h11-13,15,25H,3-10H2,1-2H3. The van der Waals surface area contributed by atoms with Crippen molar-refractivity contribution in [1.82, 2.24) is 14.9 Å². The SMILES string of the molecule is COc1nc2c(cc1NSc1cnc(OC3CCCC3)c(F)c1)CCN(C)CC2. The van der Waals surface area contributed by atoms with E-state index in [4.69, 9.17) is 14.5 Å². The molecule has 3 heterocycles. The van der Waals surface area contributed by atoms with Crippen molar-refractivity contribution in [3.8, 4) is 11.8 Å². The normalized spacial score (nSPS) is 17.6. The summed E-state index contributed by atoms with van der Waals surface area (Å²) < 4.78 is 28.8. The molecule has 6 nitrogen and oxygen atoms in total. The van der Waals surface area contributed by atoms with Crippen molar-refractivity contribution in [1.29, 1.82) is 0 Å². The number of ether oxygens (including phenoxy) is 2. The molecule has 0 amide bonds. The summed E-state index contributed by atoms with van der Waals surface area (Å²) in [5.74, 6) is 0.212. The van der Waals surface area contributed by atoms with Gasteiger partial charge in [-0.05, 0) is 68.8 Å². The van der Waals surface area contributed by atoms with E-state index in [2.05, 4.69) is 27.7 Å². The summed E-state index contributed by atoms with van der Waals surface area (Å²) in [6, 6.07) is 3.54. The Hall–Kier alpha value is -2.06. The molecule has 0 radical (unpaired) electrons. The van der Waals surface area contributed by atoms with E-state index in [1.54, 1.807) is 13.3 Å². The highest BCUT2D eigenvalue weighted by molar-refractivity contribution is 8.00. The van der Waals surface area contributed by atoms with Crippen LogP contribution in [0.25, 0.3) is 0 Å².